The van der Waals surface area contributed by atoms with E-state index in [0.717, 1.165) is 40.8 Å². The first kappa shape index (κ1) is 18.5. The molecule has 1 N–H and O–H groups in total. The molecule has 0 unspecified atom stereocenters. The minimum Gasteiger partial charge on any atom is -0.348 e. The van der Waals surface area contributed by atoms with Crippen LogP contribution in [0.2, 0.25) is 0 Å². The molecule has 0 amide bonds. The summed E-state index contributed by atoms with van der Waals surface area (Å²) in [5.74, 6) is 6.23. The van der Waals surface area contributed by atoms with Crippen molar-refractivity contribution < 1.29 is 0 Å². The summed E-state index contributed by atoms with van der Waals surface area (Å²) >= 11 is 0. The first-order valence-corrected chi connectivity index (χ1v) is 9.11. The molecule has 136 valence electrons. The van der Waals surface area contributed by atoms with Gasteiger partial charge in [0.15, 0.2) is 0 Å². The third-order valence-electron chi connectivity index (χ3n) is 4.62. The minimum absolute atomic E-state index is 0.00870. The number of H-pyrrole nitrogens is 1. The number of aromatic amines is 1. The average molecular weight is 357 g/mol. The number of pyridine rings is 1. The highest BCUT2D eigenvalue weighted by Crippen LogP contribution is 2.17. The highest BCUT2D eigenvalue weighted by molar-refractivity contribution is 5.88. The normalized spacial score (nSPS) is 11.3. The van der Waals surface area contributed by atoms with E-state index in [0.29, 0.717) is 11.9 Å². The molecule has 0 fully saturated rings. The van der Waals surface area contributed by atoms with E-state index in [1.165, 1.54) is 0 Å². The van der Waals surface area contributed by atoms with Crippen LogP contribution in [0.5, 0.6) is 0 Å². The summed E-state index contributed by atoms with van der Waals surface area (Å²) in [6, 6.07) is 7.92. The van der Waals surface area contributed by atoms with Gasteiger partial charge in [-0.2, -0.15) is 0 Å². The Morgan fingerprint density at radius 3 is 2.93 bits per heavy atom. The number of rotatable bonds is 5. The van der Waals surface area contributed by atoms with Crippen molar-refractivity contribution in [2.24, 2.45) is 0 Å². The SMILES string of the molecule is C=C/C(C#Cc1cccc2cc(CC)n(CCc3cnc[nH]3)c(=O)c12)=C\C. The van der Waals surface area contributed by atoms with Gasteiger partial charge in [-0.1, -0.05) is 49.6 Å². The molecule has 0 aliphatic heterocycles. The van der Waals surface area contributed by atoms with Gasteiger partial charge in [0, 0.05) is 41.7 Å². The van der Waals surface area contributed by atoms with Gasteiger partial charge >= 0.3 is 0 Å². The fraction of sp³-hybridized carbons (Fsp3) is 0.217. The lowest BCUT2D eigenvalue weighted by molar-refractivity contribution is 0.635. The lowest BCUT2D eigenvalue weighted by Crippen LogP contribution is -2.25. The molecule has 3 rings (SSSR count). The maximum Gasteiger partial charge on any atom is 0.259 e. The molecule has 0 saturated heterocycles. The van der Waals surface area contributed by atoms with Gasteiger partial charge in [0.05, 0.1) is 11.7 Å². The quantitative estimate of drug-likeness (QED) is 0.554. The Morgan fingerprint density at radius 2 is 2.26 bits per heavy atom. The summed E-state index contributed by atoms with van der Waals surface area (Å²) in [6.07, 6.45) is 8.60. The zero-order valence-electron chi connectivity index (χ0n) is 15.7. The van der Waals surface area contributed by atoms with E-state index in [4.69, 9.17) is 0 Å². The Morgan fingerprint density at radius 1 is 1.41 bits per heavy atom. The number of nitrogens with zero attached hydrogens (tertiary/aromatic N) is 2. The van der Waals surface area contributed by atoms with Gasteiger partial charge in [-0.15, -0.1) is 0 Å². The Balaban J connectivity index is 2.12. The molecule has 0 aliphatic carbocycles. The molecule has 0 atom stereocenters. The van der Waals surface area contributed by atoms with E-state index in [2.05, 4.69) is 41.4 Å². The van der Waals surface area contributed by atoms with Gasteiger partial charge in [-0.05, 0) is 30.9 Å². The number of fused-ring (bicyclic) bond motifs is 1. The molecule has 4 heteroatoms. The minimum atomic E-state index is 0.00870. The van der Waals surface area contributed by atoms with E-state index >= 15 is 0 Å². The van der Waals surface area contributed by atoms with E-state index in [1.54, 1.807) is 18.6 Å². The van der Waals surface area contributed by atoms with Gasteiger partial charge in [-0.25, -0.2) is 4.98 Å². The van der Waals surface area contributed by atoms with Crippen LogP contribution in [-0.4, -0.2) is 14.5 Å². The van der Waals surface area contributed by atoms with Crippen LogP contribution in [0.3, 0.4) is 0 Å². The summed E-state index contributed by atoms with van der Waals surface area (Å²) in [4.78, 5) is 20.4. The second kappa shape index (κ2) is 8.37. The second-order valence-electron chi connectivity index (χ2n) is 6.24. The van der Waals surface area contributed by atoms with Crippen LogP contribution in [0.15, 0.2) is 65.9 Å². The van der Waals surface area contributed by atoms with Gasteiger partial charge in [-0.3, -0.25) is 4.79 Å². The molecule has 0 spiro atoms. The lowest BCUT2D eigenvalue weighted by atomic mass is 10.0. The van der Waals surface area contributed by atoms with E-state index in [-0.39, 0.29) is 5.56 Å². The van der Waals surface area contributed by atoms with E-state index < -0.39 is 0 Å². The topological polar surface area (TPSA) is 50.7 Å². The average Bonchev–Trinajstić information content (AvgIpc) is 3.21. The number of hydrogen-bond donors (Lipinski definition) is 1. The van der Waals surface area contributed by atoms with Crippen LogP contribution in [0.4, 0.5) is 0 Å². The number of nitrogens with one attached hydrogen (secondary N) is 1. The van der Waals surface area contributed by atoms with Crippen LogP contribution in [0.1, 0.15) is 30.8 Å². The largest absolute Gasteiger partial charge is 0.348 e. The fourth-order valence-electron chi connectivity index (χ4n) is 3.13. The number of aromatic nitrogens is 3. The van der Waals surface area contributed by atoms with Gasteiger partial charge in [0.2, 0.25) is 0 Å². The second-order valence-corrected chi connectivity index (χ2v) is 6.24. The van der Waals surface area contributed by atoms with Crippen molar-refractivity contribution in [2.45, 2.75) is 33.2 Å². The molecule has 0 bridgehead atoms. The fourth-order valence-corrected chi connectivity index (χ4v) is 3.13. The summed E-state index contributed by atoms with van der Waals surface area (Å²) in [5.41, 5.74) is 3.64. The highest BCUT2D eigenvalue weighted by Gasteiger charge is 2.11. The van der Waals surface area contributed by atoms with Gasteiger partial charge in [0.1, 0.15) is 0 Å². The number of allylic oxidation sites excluding steroid dienone is 3. The van der Waals surface area contributed by atoms with Crippen LogP contribution in [0, 0.1) is 11.8 Å². The van der Waals surface area contributed by atoms with Gasteiger partial charge in [0.25, 0.3) is 5.56 Å². The molecule has 0 saturated carbocycles. The van der Waals surface area contributed by atoms with Crippen LogP contribution in [0.25, 0.3) is 10.8 Å². The van der Waals surface area contributed by atoms with Crippen molar-refractivity contribution in [1.29, 1.82) is 0 Å². The van der Waals surface area contributed by atoms with E-state index in [9.17, 15) is 4.79 Å². The molecule has 0 radical (unpaired) electrons. The molecular weight excluding hydrogens is 334 g/mol. The third-order valence-corrected chi connectivity index (χ3v) is 4.62. The monoisotopic (exact) mass is 357 g/mol. The van der Waals surface area contributed by atoms with Crippen molar-refractivity contribution in [3.05, 3.63) is 88.4 Å². The number of hydrogen-bond acceptors (Lipinski definition) is 2. The molecule has 2 aromatic heterocycles. The molecule has 0 aliphatic rings. The highest BCUT2D eigenvalue weighted by atomic mass is 16.1. The zero-order chi connectivity index (χ0) is 19.2. The predicted molar refractivity (Wildman–Crippen MR) is 111 cm³/mol. The maximum absolute atomic E-state index is 13.3. The number of benzene rings is 1. The third kappa shape index (κ3) is 3.93. The van der Waals surface area contributed by atoms with Crippen molar-refractivity contribution >= 4 is 10.8 Å². The molecule has 2 heterocycles. The van der Waals surface area contributed by atoms with Crippen LogP contribution in [-0.2, 0) is 19.4 Å². The Hall–Kier alpha value is -3.32. The smallest absolute Gasteiger partial charge is 0.259 e. The summed E-state index contributed by atoms with van der Waals surface area (Å²) in [6.45, 7) is 8.36. The number of aryl methyl sites for hydroxylation is 2. The molecular formula is C23H23N3O. The molecule has 1 aromatic carbocycles. The van der Waals surface area contributed by atoms with Crippen molar-refractivity contribution in [3.8, 4) is 11.8 Å². The lowest BCUT2D eigenvalue weighted by Gasteiger charge is -2.14. The summed E-state index contributed by atoms with van der Waals surface area (Å²) in [5, 5.41) is 1.60. The molecule has 4 nitrogen and oxygen atoms in total. The Labute approximate surface area is 159 Å². The predicted octanol–water partition coefficient (Wildman–Crippen LogP) is 4.01. The number of imidazole rings is 1. The van der Waals surface area contributed by atoms with Gasteiger partial charge < -0.3 is 9.55 Å². The Kier molecular flexibility index (Phi) is 5.73. The Bertz CT molecular complexity index is 1110. The zero-order valence-corrected chi connectivity index (χ0v) is 15.7. The van der Waals surface area contributed by atoms with Crippen molar-refractivity contribution in [3.63, 3.8) is 0 Å². The van der Waals surface area contributed by atoms with Crippen molar-refractivity contribution in [1.82, 2.24) is 14.5 Å². The first-order chi connectivity index (χ1) is 13.2. The maximum atomic E-state index is 13.3. The summed E-state index contributed by atoms with van der Waals surface area (Å²) in [7, 11) is 0. The van der Waals surface area contributed by atoms with Crippen molar-refractivity contribution in [2.75, 3.05) is 0 Å². The van der Waals surface area contributed by atoms with Crippen LogP contribution < -0.4 is 5.56 Å². The summed E-state index contributed by atoms with van der Waals surface area (Å²) < 4.78 is 1.86. The molecule has 3 aromatic rings. The first-order valence-electron chi connectivity index (χ1n) is 9.11. The standard InChI is InChI=1S/C23H23N3O/c1-4-17(5-2)10-11-18-8-7-9-19-14-21(6-3)26(23(27)22(18)19)13-12-20-15-24-16-25-20/h4-5,7-9,14-16H,1,6,12-13H2,2-3H3,(H,24,25)/b17-5+. The molecule has 27 heavy (non-hydrogen) atoms. The van der Waals surface area contributed by atoms with Crippen LogP contribution >= 0.6 is 0 Å². The van der Waals surface area contributed by atoms with E-state index in [1.807, 2.05) is 35.8 Å².